The van der Waals surface area contributed by atoms with Crippen LogP contribution < -0.4 is 5.32 Å². The number of fused-ring (bicyclic) bond motifs is 1. The maximum atomic E-state index is 13.3. The number of hydrogen-bond donors (Lipinski definition) is 2. The molecule has 158 valence electrons. The van der Waals surface area contributed by atoms with E-state index in [0.717, 1.165) is 58.1 Å². The van der Waals surface area contributed by atoms with E-state index in [1.54, 1.807) is 17.5 Å². The molecule has 0 spiro atoms. The Morgan fingerprint density at radius 3 is 3.00 bits per heavy atom. The number of carbonyl (C=O) groups is 1. The van der Waals surface area contributed by atoms with Crippen molar-refractivity contribution in [2.75, 3.05) is 18.4 Å². The number of hydrogen-bond acceptors (Lipinski definition) is 6. The number of anilines is 2. The Hall–Kier alpha value is -3.26. The lowest BCUT2D eigenvalue weighted by molar-refractivity contribution is 0.0702. The van der Waals surface area contributed by atoms with Gasteiger partial charge >= 0.3 is 0 Å². The lowest BCUT2D eigenvalue weighted by Gasteiger charge is -2.32. The second-order valence-electron chi connectivity index (χ2n) is 8.10. The number of rotatable bonds is 4. The van der Waals surface area contributed by atoms with E-state index in [9.17, 15) is 4.79 Å². The summed E-state index contributed by atoms with van der Waals surface area (Å²) in [4.78, 5) is 24.3. The molecule has 1 fully saturated rings. The average molecular weight is 433 g/mol. The molecular formula is C23H24N6OS. The minimum absolute atomic E-state index is 0.0182. The summed E-state index contributed by atoms with van der Waals surface area (Å²) in [7, 11) is 0. The van der Waals surface area contributed by atoms with Crippen LogP contribution in [0.5, 0.6) is 0 Å². The van der Waals surface area contributed by atoms with Gasteiger partial charge < -0.3 is 10.2 Å². The highest BCUT2D eigenvalue weighted by Gasteiger charge is 2.28. The van der Waals surface area contributed by atoms with Crippen LogP contribution in [0, 0.1) is 13.8 Å². The summed E-state index contributed by atoms with van der Waals surface area (Å²) in [5.74, 6) is 0.178. The number of pyridine rings is 1. The summed E-state index contributed by atoms with van der Waals surface area (Å²) in [6.45, 7) is 5.41. The maximum Gasteiger partial charge on any atom is 0.275 e. The lowest BCUT2D eigenvalue weighted by Crippen LogP contribution is -2.39. The zero-order valence-electron chi connectivity index (χ0n) is 17.6. The molecule has 1 saturated heterocycles. The normalized spacial score (nSPS) is 16.6. The van der Waals surface area contributed by atoms with Gasteiger partial charge in [-0.3, -0.25) is 14.9 Å². The van der Waals surface area contributed by atoms with Crippen LogP contribution in [0.25, 0.3) is 10.9 Å². The molecule has 0 bridgehead atoms. The summed E-state index contributed by atoms with van der Waals surface area (Å²) in [6, 6.07) is 10.1. The van der Waals surface area contributed by atoms with Crippen LogP contribution in [0.3, 0.4) is 0 Å². The van der Waals surface area contributed by atoms with Gasteiger partial charge in [0.2, 0.25) is 0 Å². The Morgan fingerprint density at radius 2 is 2.16 bits per heavy atom. The van der Waals surface area contributed by atoms with Crippen LogP contribution in [0.15, 0.2) is 41.9 Å². The predicted octanol–water partition coefficient (Wildman–Crippen LogP) is 4.79. The Bertz CT molecular complexity index is 1230. The van der Waals surface area contributed by atoms with E-state index in [2.05, 4.69) is 26.6 Å². The predicted molar refractivity (Wildman–Crippen MR) is 123 cm³/mol. The number of aryl methyl sites for hydroxylation is 2. The maximum absolute atomic E-state index is 13.3. The fourth-order valence-corrected chi connectivity index (χ4v) is 4.78. The van der Waals surface area contributed by atoms with Crippen molar-refractivity contribution in [3.05, 3.63) is 64.6 Å². The largest absolute Gasteiger partial charge is 0.337 e. The average Bonchev–Trinajstić information content (AvgIpc) is 3.42. The highest BCUT2D eigenvalue weighted by atomic mass is 32.1. The molecule has 1 aromatic carbocycles. The first-order valence-corrected chi connectivity index (χ1v) is 11.3. The van der Waals surface area contributed by atoms with Crippen molar-refractivity contribution < 1.29 is 4.79 Å². The van der Waals surface area contributed by atoms with Gasteiger partial charge in [0, 0.05) is 53.0 Å². The summed E-state index contributed by atoms with van der Waals surface area (Å²) in [6.07, 6.45) is 3.74. The lowest BCUT2D eigenvalue weighted by atomic mass is 9.93. The van der Waals surface area contributed by atoms with Gasteiger partial charge in [0.1, 0.15) is 0 Å². The molecule has 3 aromatic heterocycles. The molecule has 31 heavy (non-hydrogen) atoms. The Morgan fingerprint density at radius 1 is 1.26 bits per heavy atom. The number of nitrogens with zero attached hydrogens (tertiary/aromatic N) is 4. The zero-order valence-corrected chi connectivity index (χ0v) is 18.4. The van der Waals surface area contributed by atoms with Gasteiger partial charge in [-0.15, -0.1) is 11.3 Å². The van der Waals surface area contributed by atoms with E-state index in [-0.39, 0.29) is 11.8 Å². The third-order valence-electron chi connectivity index (χ3n) is 5.70. The summed E-state index contributed by atoms with van der Waals surface area (Å²) in [5, 5.41) is 14.4. The van der Waals surface area contributed by atoms with Gasteiger partial charge in [-0.1, -0.05) is 11.6 Å². The van der Waals surface area contributed by atoms with Crippen molar-refractivity contribution in [1.29, 1.82) is 0 Å². The minimum atomic E-state index is -0.0182. The second kappa shape index (κ2) is 8.11. The van der Waals surface area contributed by atoms with Crippen molar-refractivity contribution >= 4 is 39.0 Å². The topological polar surface area (TPSA) is 86.8 Å². The highest BCUT2D eigenvalue weighted by Crippen LogP contribution is 2.30. The first kappa shape index (κ1) is 19.7. The number of carbonyl (C=O) groups excluding carboxylic acids is 1. The number of likely N-dealkylation sites (tertiary alicyclic amines) is 1. The fraction of sp³-hybridized carbons (Fsp3) is 0.304. The second-order valence-corrected chi connectivity index (χ2v) is 8.99. The van der Waals surface area contributed by atoms with Gasteiger partial charge in [-0.25, -0.2) is 4.98 Å². The van der Waals surface area contributed by atoms with Crippen LogP contribution in [-0.4, -0.2) is 44.1 Å². The first-order chi connectivity index (χ1) is 15.1. The minimum Gasteiger partial charge on any atom is -0.337 e. The Balaban J connectivity index is 1.38. The molecule has 2 N–H and O–H groups in total. The summed E-state index contributed by atoms with van der Waals surface area (Å²) < 4.78 is 0. The molecule has 4 heterocycles. The number of piperidine rings is 1. The molecule has 0 radical (unpaired) electrons. The van der Waals surface area contributed by atoms with E-state index < -0.39 is 0 Å². The quantitative estimate of drug-likeness (QED) is 0.484. The van der Waals surface area contributed by atoms with E-state index in [0.29, 0.717) is 12.2 Å². The molecule has 8 heteroatoms. The molecule has 1 aliphatic heterocycles. The summed E-state index contributed by atoms with van der Waals surface area (Å²) in [5.41, 5.74) is 5.45. The molecular weight excluding hydrogens is 408 g/mol. The van der Waals surface area contributed by atoms with Crippen LogP contribution in [0.2, 0.25) is 0 Å². The SMILES string of the molecule is Cc1ccc2[nH]nc(C(=O)N3CCCC(c4cc(Nc5nccs5)cc(C)n4)C3)c2c1. The van der Waals surface area contributed by atoms with Crippen molar-refractivity contribution in [1.82, 2.24) is 25.1 Å². The number of aromatic nitrogens is 4. The van der Waals surface area contributed by atoms with Crippen molar-refractivity contribution in [2.45, 2.75) is 32.6 Å². The number of benzene rings is 1. The van der Waals surface area contributed by atoms with E-state index >= 15 is 0 Å². The fourth-order valence-electron chi connectivity index (χ4n) is 4.23. The monoisotopic (exact) mass is 432 g/mol. The summed E-state index contributed by atoms with van der Waals surface area (Å²) >= 11 is 1.56. The molecule has 5 rings (SSSR count). The Kier molecular flexibility index (Phi) is 5.15. The molecule has 1 atom stereocenters. The Labute approximate surface area is 184 Å². The standard InChI is InChI=1S/C23H24N6OS/c1-14-5-6-19-18(10-14)21(28-27-19)22(30)29-8-3-4-16(13-29)20-12-17(11-15(2)25-20)26-23-24-7-9-31-23/h5-7,9-12,16H,3-4,8,13H2,1-2H3,(H,27,28)(H,24,25,26). The number of aromatic amines is 1. The first-order valence-electron chi connectivity index (χ1n) is 10.5. The highest BCUT2D eigenvalue weighted by molar-refractivity contribution is 7.13. The van der Waals surface area contributed by atoms with Crippen LogP contribution in [-0.2, 0) is 0 Å². The van der Waals surface area contributed by atoms with Gasteiger partial charge in [-0.2, -0.15) is 5.10 Å². The van der Waals surface area contributed by atoms with Gasteiger partial charge in [0.25, 0.3) is 5.91 Å². The van der Waals surface area contributed by atoms with E-state index in [1.807, 2.05) is 48.4 Å². The molecule has 1 amide bonds. The van der Waals surface area contributed by atoms with E-state index in [4.69, 9.17) is 4.98 Å². The third kappa shape index (κ3) is 4.03. The molecule has 0 aliphatic carbocycles. The number of amides is 1. The van der Waals surface area contributed by atoms with Crippen molar-refractivity contribution in [3.63, 3.8) is 0 Å². The molecule has 7 nitrogen and oxygen atoms in total. The molecule has 1 aliphatic rings. The zero-order chi connectivity index (χ0) is 21.4. The molecule has 4 aromatic rings. The van der Waals surface area contributed by atoms with Crippen LogP contribution in [0.4, 0.5) is 10.8 Å². The van der Waals surface area contributed by atoms with Crippen molar-refractivity contribution in [3.8, 4) is 0 Å². The number of thiazole rings is 1. The van der Waals surface area contributed by atoms with E-state index in [1.165, 1.54) is 0 Å². The third-order valence-corrected chi connectivity index (χ3v) is 6.39. The van der Waals surface area contributed by atoms with Gasteiger partial charge in [0.05, 0.1) is 5.52 Å². The number of nitrogens with one attached hydrogen (secondary N) is 2. The smallest absolute Gasteiger partial charge is 0.275 e. The van der Waals surface area contributed by atoms with Crippen LogP contribution in [0.1, 0.15) is 46.2 Å². The molecule has 1 unspecified atom stereocenters. The van der Waals surface area contributed by atoms with Crippen LogP contribution >= 0.6 is 11.3 Å². The van der Waals surface area contributed by atoms with Gasteiger partial charge in [-0.05, 0) is 51.0 Å². The van der Waals surface area contributed by atoms with Crippen molar-refractivity contribution in [2.24, 2.45) is 0 Å². The molecule has 0 saturated carbocycles. The van der Waals surface area contributed by atoms with Gasteiger partial charge in [0.15, 0.2) is 10.8 Å². The number of H-pyrrole nitrogens is 1.